The summed E-state index contributed by atoms with van der Waals surface area (Å²) >= 11 is 0. The van der Waals surface area contributed by atoms with Gasteiger partial charge in [0.15, 0.2) is 5.79 Å². The van der Waals surface area contributed by atoms with Gasteiger partial charge in [0.25, 0.3) is 0 Å². The molecule has 4 saturated carbocycles. The highest BCUT2D eigenvalue weighted by atomic mass is 16.7. The molecule has 12 atom stereocenters. The number of carbonyl (C=O) groups is 1. The fraction of sp³-hybridized carbons (Fsp3) is 0.794. The predicted molar refractivity (Wildman–Crippen MR) is 147 cm³/mol. The van der Waals surface area contributed by atoms with Crippen LogP contribution < -0.4 is 0 Å². The minimum Gasteiger partial charge on any atom is -0.459 e. The van der Waals surface area contributed by atoms with Crippen LogP contribution in [0.15, 0.2) is 30.3 Å². The van der Waals surface area contributed by atoms with E-state index < -0.39 is 0 Å². The van der Waals surface area contributed by atoms with Gasteiger partial charge in [0.1, 0.15) is 6.10 Å². The van der Waals surface area contributed by atoms with Gasteiger partial charge < -0.3 is 14.2 Å². The lowest BCUT2D eigenvalue weighted by atomic mass is 9.44. The van der Waals surface area contributed by atoms with Crippen molar-refractivity contribution in [2.24, 2.45) is 52.3 Å². The summed E-state index contributed by atoms with van der Waals surface area (Å²) in [6.45, 7) is 10.9. The van der Waals surface area contributed by atoms with Gasteiger partial charge >= 0.3 is 5.97 Å². The molecule has 1 aromatic rings. The van der Waals surface area contributed by atoms with E-state index in [1.807, 2.05) is 30.3 Å². The molecule has 4 heteroatoms. The smallest absolute Gasteiger partial charge is 0.338 e. The molecule has 0 radical (unpaired) electrons. The molecule has 0 unspecified atom stereocenters. The van der Waals surface area contributed by atoms with Gasteiger partial charge in [-0.05, 0) is 116 Å². The Hall–Kier alpha value is -1.39. The fourth-order valence-corrected chi connectivity index (χ4v) is 11.1. The molecule has 1 spiro atoms. The van der Waals surface area contributed by atoms with E-state index in [1.165, 1.54) is 44.9 Å². The third-order valence-electron chi connectivity index (χ3n) is 13.2. The molecular weight excluding hydrogens is 472 g/mol. The number of carbonyl (C=O) groups excluding carboxylic acids is 1. The van der Waals surface area contributed by atoms with Gasteiger partial charge in [-0.3, -0.25) is 0 Å². The number of fused-ring (bicyclic) bond motifs is 7. The molecule has 2 aliphatic heterocycles. The molecule has 4 nitrogen and oxygen atoms in total. The first-order valence-corrected chi connectivity index (χ1v) is 15.8. The molecule has 6 aliphatic rings. The van der Waals surface area contributed by atoms with Crippen LogP contribution in [0.4, 0.5) is 0 Å². The Morgan fingerprint density at radius 2 is 1.68 bits per heavy atom. The molecule has 6 fully saturated rings. The zero-order valence-electron chi connectivity index (χ0n) is 24.0. The predicted octanol–water partition coefficient (Wildman–Crippen LogP) is 7.66. The van der Waals surface area contributed by atoms with Crippen molar-refractivity contribution in [3.8, 4) is 0 Å². The molecule has 2 heterocycles. The van der Waals surface area contributed by atoms with Crippen molar-refractivity contribution in [1.29, 1.82) is 0 Å². The van der Waals surface area contributed by atoms with Crippen LogP contribution in [0, 0.1) is 52.3 Å². The molecule has 0 bridgehead atoms. The zero-order valence-corrected chi connectivity index (χ0v) is 24.0. The first-order valence-electron chi connectivity index (χ1n) is 15.8. The average Bonchev–Trinajstić information content (AvgIpc) is 3.36. The topological polar surface area (TPSA) is 44.8 Å². The molecule has 4 aliphatic carbocycles. The number of rotatable bonds is 2. The van der Waals surface area contributed by atoms with Gasteiger partial charge in [-0.2, -0.15) is 0 Å². The number of hydrogen-bond donors (Lipinski definition) is 0. The van der Waals surface area contributed by atoms with Crippen molar-refractivity contribution < 1.29 is 19.0 Å². The average molecular weight is 521 g/mol. The molecule has 0 N–H and O–H groups in total. The summed E-state index contributed by atoms with van der Waals surface area (Å²) in [4.78, 5) is 12.7. The van der Waals surface area contributed by atoms with E-state index in [1.54, 1.807) is 0 Å². The van der Waals surface area contributed by atoms with Gasteiger partial charge in [0, 0.05) is 12.3 Å². The SMILES string of the molecule is C[C@@H]1CC[C@@]2(OC1)O[C@H]1C[C@H]3[C@@H]4CC[C@@H]5C[C@@H](OC(=O)c6ccccc6)CC[C@]5(C)[C@H]4CC[C@]3(C)[C@H]1[C@@H]2C. The number of esters is 1. The van der Waals surface area contributed by atoms with Crippen molar-refractivity contribution in [2.75, 3.05) is 6.61 Å². The van der Waals surface area contributed by atoms with E-state index in [-0.39, 0.29) is 17.9 Å². The van der Waals surface area contributed by atoms with E-state index >= 15 is 0 Å². The van der Waals surface area contributed by atoms with Crippen molar-refractivity contribution in [3.05, 3.63) is 35.9 Å². The minimum atomic E-state index is -0.314. The second-order valence-corrected chi connectivity index (χ2v) is 14.8. The van der Waals surface area contributed by atoms with Crippen molar-refractivity contribution in [3.63, 3.8) is 0 Å². The Kier molecular flexibility index (Phi) is 6.10. The quantitative estimate of drug-likeness (QED) is 0.376. The summed E-state index contributed by atoms with van der Waals surface area (Å²) in [5.74, 6) is 4.41. The molecule has 2 saturated heterocycles. The van der Waals surface area contributed by atoms with Crippen LogP contribution >= 0.6 is 0 Å². The third-order valence-corrected chi connectivity index (χ3v) is 13.2. The van der Waals surface area contributed by atoms with Gasteiger partial charge in [-0.25, -0.2) is 4.79 Å². The molecule has 1 aromatic carbocycles. The molecule has 38 heavy (non-hydrogen) atoms. The standard InChI is InChI=1S/C34H48O4/c1-21-12-17-34(36-20-21)22(2)30-29(38-34)19-28-26-11-10-24-18-25(37-31(35)23-8-6-5-7-9-23)13-15-32(24,3)27(26)14-16-33(28,30)4/h5-9,21-22,24-30H,10-20H2,1-4H3/t21-,22+,24-,25+,26-,27+,28+,29+,30+,32+,33+,34-/m1/s1. The van der Waals surface area contributed by atoms with Crippen LogP contribution in [0.25, 0.3) is 0 Å². The summed E-state index contributed by atoms with van der Waals surface area (Å²) in [6.07, 6.45) is 12.6. The van der Waals surface area contributed by atoms with Crippen LogP contribution in [0.5, 0.6) is 0 Å². The Balaban J connectivity index is 1.05. The lowest BCUT2D eigenvalue weighted by Gasteiger charge is -2.61. The van der Waals surface area contributed by atoms with Crippen molar-refractivity contribution in [2.45, 2.75) is 110 Å². The lowest BCUT2D eigenvalue weighted by molar-refractivity contribution is -0.273. The highest BCUT2D eigenvalue weighted by Gasteiger charge is 2.69. The summed E-state index contributed by atoms with van der Waals surface area (Å²) in [5.41, 5.74) is 1.44. The number of ether oxygens (including phenoxy) is 3. The maximum Gasteiger partial charge on any atom is 0.338 e. The zero-order chi connectivity index (χ0) is 26.3. The summed E-state index contributed by atoms with van der Waals surface area (Å²) in [6, 6.07) is 9.51. The lowest BCUT2D eigenvalue weighted by Crippen LogP contribution is -2.55. The molecule has 208 valence electrons. The first-order chi connectivity index (χ1) is 18.2. The van der Waals surface area contributed by atoms with Crippen LogP contribution in [0.1, 0.15) is 102 Å². The summed E-state index contributed by atoms with van der Waals surface area (Å²) in [7, 11) is 0. The summed E-state index contributed by atoms with van der Waals surface area (Å²) in [5, 5.41) is 0. The normalized spacial score (nSPS) is 51.5. The van der Waals surface area contributed by atoms with Crippen LogP contribution in [0.2, 0.25) is 0 Å². The maximum absolute atomic E-state index is 12.7. The van der Waals surface area contributed by atoms with E-state index in [4.69, 9.17) is 14.2 Å². The second-order valence-electron chi connectivity index (χ2n) is 14.8. The van der Waals surface area contributed by atoms with Gasteiger partial charge in [0.05, 0.1) is 18.3 Å². The Labute approximate surface area is 229 Å². The highest BCUT2D eigenvalue weighted by molar-refractivity contribution is 5.89. The van der Waals surface area contributed by atoms with Crippen LogP contribution in [0.3, 0.4) is 0 Å². The van der Waals surface area contributed by atoms with Crippen LogP contribution in [-0.2, 0) is 14.2 Å². The van der Waals surface area contributed by atoms with Crippen molar-refractivity contribution in [1.82, 2.24) is 0 Å². The van der Waals surface area contributed by atoms with Crippen molar-refractivity contribution >= 4 is 5.97 Å². The first kappa shape index (κ1) is 25.6. The molecular formula is C34H48O4. The number of hydrogen-bond acceptors (Lipinski definition) is 4. The van der Waals surface area contributed by atoms with Crippen LogP contribution in [-0.4, -0.2) is 30.6 Å². The van der Waals surface area contributed by atoms with Gasteiger partial charge in [-0.1, -0.05) is 45.9 Å². The monoisotopic (exact) mass is 520 g/mol. The fourth-order valence-electron chi connectivity index (χ4n) is 11.1. The van der Waals surface area contributed by atoms with E-state index in [2.05, 4.69) is 27.7 Å². The Morgan fingerprint density at radius 1 is 0.895 bits per heavy atom. The largest absolute Gasteiger partial charge is 0.459 e. The highest BCUT2D eigenvalue weighted by Crippen LogP contribution is 2.71. The third kappa shape index (κ3) is 3.71. The minimum absolute atomic E-state index is 0.0701. The molecule has 0 amide bonds. The second kappa shape index (κ2) is 9.06. The van der Waals surface area contributed by atoms with Gasteiger partial charge in [-0.15, -0.1) is 0 Å². The van der Waals surface area contributed by atoms with E-state index in [9.17, 15) is 4.79 Å². The number of benzene rings is 1. The van der Waals surface area contributed by atoms with Gasteiger partial charge in [0.2, 0.25) is 0 Å². The maximum atomic E-state index is 12.7. The molecule has 0 aromatic heterocycles. The summed E-state index contributed by atoms with van der Waals surface area (Å²) < 4.78 is 19.5. The Bertz CT molecular complexity index is 1050. The van der Waals surface area contributed by atoms with E-state index in [0.717, 1.165) is 43.6 Å². The Morgan fingerprint density at radius 3 is 2.45 bits per heavy atom. The molecule has 7 rings (SSSR count). The van der Waals surface area contributed by atoms with E-state index in [0.29, 0.717) is 46.2 Å².